The number of rotatable bonds is 8. The standard InChI is InChI=1S/C23H27N5O2/c24-14-16-7-11-18(12-8-16)17-9-5-15(6-10-17)13-20(22-25-27-28-26-22)21(23(29)30)19-3-1-2-4-19/h5-12,19-21H,1-4,13-14,24H2,(H,29,30)(H,25,26,27,28)/t20-,21?/m0/s1. The Balaban J connectivity index is 1.57. The molecule has 1 aliphatic rings. The monoisotopic (exact) mass is 405 g/mol. The van der Waals surface area contributed by atoms with Gasteiger partial charge in [-0.05, 0) is 47.4 Å². The van der Waals surface area contributed by atoms with E-state index < -0.39 is 11.9 Å². The molecule has 0 saturated heterocycles. The fourth-order valence-corrected chi connectivity index (χ4v) is 4.64. The third kappa shape index (κ3) is 4.41. The highest BCUT2D eigenvalue weighted by Gasteiger charge is 2.39. The number of benzene rings is 2. The molecule has 1 fully saturated rings. The Labute approximate surface area is 175 Å². The minimum atomic E-state index is -0.770. The summed E-state index contributed by atoms with van der Waals surface area (Å²) in [5, 5.41) is 24.5. The van der Waals surface area contributed by atoms with Crippen LogP contribution in [0.3, 0.4) is 0 Å². The molecular formula is C23H27N5O2. The van der Waals surface area contributed by atoms with Crippen LogP contribution in [0.5, 0.6) is 0 Å². The lowest BCUT2D eigenvalue weighted by Gasteiger charge is -2.26. The molecule has 1 heterocycles. The summed E-state index contributed by atoms with van der Waals surface area (Å²) in [5.41, 5.74) is 10.1. The SMILES string of the molecule is NCc1ccc(-c2ccc(C[C@H](c3nn[nH]n3)C(C(=O)O)C3CCCC3)cc2)cc1. The van der Waals surface area contributed by atoms with Crippen molar-refractivity contribution < 1.29 is 9.90 Å². The lowest BCUT2D eigenvalue weighted by atomic mass is 9.77. The van der Waals surface area contributed by atoms with Gasteiger partial charge < -0.3 is 10.8 Å². The molecule has 156 valence electrons. The highest BCUT2D eigenvalue weighted by molar-refractivity contribution is 5.72. The molecule has 1 saturated carbocycles. The third-order valence-corrected chi connectivity index (χ3v) is 6.25. The van der Waals surface area contributed by atoms with E-state index in [0.29, 0.717) is 18.8 Å². The Morgan fingerprint density at radius 3 is 2.13 bits per heavy atom. The Kier molecular flexibility index (Phi) is 6.18. The van der Waals surface area contributed by atoms with Crippen molar-refractivity contribution >= 4 is 5.97 Å². The minimum Gasteiger partial charge on any atom is -0.481 e. The van der Waals surface area contributed by atoms with Crippen molar-refractivity contribution in [3.63, 3.8) is 0 Å². The van der Waals surface area contributed by atoms with Crippen LogP contribution in [0.2, 0.25) is 0 Å². The summed E-state index contributed by atoms with van der Waals surface area (Å²) in [5.74, 6) is -0.942. The van der Waals surface area contributed by atoms with Crippen molar-refractivity contribution in [3.8, 4) is 11.1 Å². The van der Waals surface area contributed by atoms with Crippen molar-refractivity contribution in [3.05, 3.63) is 65.5 Å². The third-order valence-electron chi connectivity index (χ3n) is 6.25. The van der Waals surface area contributed by atoms with Crippen LogP contribution in [0, 0.1) is 11.8 Å². The van der Waals surface area contributed by atoms with Crippen LogP contribution in [0.4, 0.5) is 0 Å². The molecular weight excluding hydrogens is 378 g/mol. The van der Waals surface area contributed by atoms with Crippen molar-refractivity contribution in [1.29, 1.82) is 0 Å². The first-order chi connectivity index (χ1) is 14.7. The molecule has 30 heavy (non-hydrogen) atoms. The molecule has 1 aromatic heterocycles. The van der Waals surface area contributed by atoms with Crippen molar-refractivity contribution in [2.45, 2.75) is 44.6 Å². The van der Waals surface area contributed by atoms with Crippen molar-refractivity contribution in [2.24, 2.45) is 17.6 Å². The molecule has 2 atom stereocenters. The quantitative estimate of drug-likeness (QED) is 0.527. The second-order valence-electron chi connectivity index (χ2n) is 8.09. The maximum absolute atomic E-state index is 12.2. The van der Waals surface area contributed by atoms with E-state index in [1.165, 1.54) is 0 Å². The van der Waals surface area contributed by atoms with E-state index in [-0.39, 0.29) is 11.8 Å². The first kappa shape index (κ1) is 20.2. The van der Waals surface area contributed by atoms with Crippen LogP contribution < -0.4 is 5.73 Å². The molecule has 7 nitrogen and oxygen atoms in total. The van der Waals surface area contributed by atoms with Gasteiger partial charge in [0.1, 0.15) is 0 Å². The molecule has 1 unspecified atom stereocenters. The first-order valence-corrected chi connectivity index (χ1v) is 10.5. The van der Waals surface area contributed by atoms with E-state index in [4.69, 9.17) is 5.73 Å². The molecule has 0 aliphatic heterocycles. The fourth-order valence-electron chi connectivity index (χ4n) is 4.64. The number of carboxylic acid groups (broad SMARTS) is 1. The van der Waals surface area contributed by atoms with Gasteiger partial charge in [-0.25, -0.2) is 0 Å². The van der Waals surface area contributed by atoms with Gasteiger partial charge in [0.15, 0.2) is 5.82 Å². The Hall–Kier alpha value is -3.06. The summed E-state index contributed by atoms with van der Waals surface area (Å²) in [6.07, 6.45) is 4.64. The number of aliphatic carboxylic acids is 1. The largest absolute Gasteiger partial charge is 0.481 e. The summed E-state index contributed by atoms with van der Waals surface area (Å²) >= 11 is 0. The Morgan fingerprint density at radius 1 is 1.03 bits per heavy atom. The molecule has 0 spiro atoms. The van der Waals surface area contributed by atoms with E-state index in [2.05, 4.69) is 57.0 Å². The van der Waals surface area contributed by atoms with Crippen LogP contribution in [-0.4, -0.2) is 31.7 Å². The number of carbonyl (C=O) groups is 1. The molecule has 0 bridgehead atoms. The van der Waals surface area contributed by atoms with Gasteiger partial charge in [-0.15, -0.1) is 10.2 Å². The Morgan fingerprint density at radius 2 is 1.63 bits per heavy atom. The zero-order valence-corrected chi connectivity index (χ0v) is 16.9. The van der Waals surface area contributed by atoms with Gasteiger partial charge in [0.25, 0.3) is 0 Å². The van der Waals surface area contributed by atoms with Gasteiger partial charge in [0.05, 0.1) is 5.92 Å². The van der Waals surface area contributed by atoms with Gasteiger partial charge in [-0.2, -0.15) is 5.21 Å². The summed E-state index contributed by atoms with van der Waals surface area (Å²) < 4.78 is 0. The molecule has 4 rings (SSSR count). The van der Waals surface area contributed by atoms with Gasteiger partial charge in [0, 0.05) is 12.5 Å². The van der Waals surface area contributed by atoms with Crippen LogP contribution in [-0.2, 0) is 17.8 Å². The predicted molar refractivity (Wildman–Crippen MR) is 113 cm³/mol. The average molecular weight is 406 g/mol. The highest BCUT2D eigenvalue weighted by Crippen LogP contribution is 2.40. The second kappa shape index (κ2) is 9.17. The minimum absolute atomic E-state index is 0.159. The number of nitrogens with two attached hydrogens (primary N) is 1. The summed E-state index contributed by atoms with van der Waals surface area (Å²) in [7, 11) is 0. The maximum atomic E-state index is 12.2. The molecule has 7 heteroatoms. The number of hydrogen-bond acceptors (Lipinski definition) is 5. The second-order valence-corrected chi connectivity index (χ2v) is 8.09. The highest BCUT2D eigenvalue weighted by atomic mass is 16.4. The van der Waals surface area contributed by atoms with Crippen molar-refractivity contribution in [1.82, 2.24) is 20.6 Å². The van der Waals surface area contributed by atoms with Crippen LogP contribution in [0.25, 0.3) is 11.1 Å². The van der Waals surface area contributed by atoms with E-state index in [0.717, 1.165) is 47.9 Å². The summed E-state index contributed by atoms with van der Waals surface area (Å²) in [4.78, 5) is 12.2. The van der Waals surface area contributed by atoms with Crippen LogP contribution >= 0.6 is 0 Å². The van der Waals surface area contributed by atoms with Gasteiger partial charge in [0.2, 0.25) is 0 Å². The number of carboxylic acids is 1. The normalized spacial score (nSPS) is 16.4. The molecule has 4 N–H and O–H groups in total. The number of tetrazole rings is 1. The summed E-state index contributed by atoms with van der Waals surface area (Å²) in [6, 6.07) is 16.5. The molecule has 1 aliphatic carbocycles. The average Bonchev–Trinajstić information content (AvgIpc) is 3.48. The lowest BCUT2D eigenvalue weighted by molar-refractivity contribution is -0.144. The smallest absolute Gasteiger partial charge is 0.307 e. The molecule has 3 aromatic rings. The van der Waals surface area contributed by atoms with E-state index in [1.807, 2.05) is 12.1 Å². The van der Waals surface area contributed by atoms with Gasteiger partial charge in [-0.1, -0.05) is 66.6 Å². The molecule has 2 aromatic carbocycles. The zero-order chi connectivity index (χ0) is 20.9. The van der Waals surface area contributed by atoms with Gasteiger partial charge >= 0.3 is 5.97 Å². The van der Waals surface area contributed by atoms with Crippen LogP contribution in [0.1, 0.15) is 48.6 Å². The van der Waals surface area contributed by atoms with E-state index in [9.17, 15) is 9.90 Å². The zero-order valence-electron chi connectivity index (χ0n) is 16.9. The lowest BCUT2D eigenvalue weighted by Crippen LogP contribution is -2.30. The number of nitrogens with one attached hydrogen (secondary N) is 1. The van der Waals surface area contributed by atoms with Crippen LogP contribution in [0.15, 0.2) is 48.5 Å². The first-order valence-electron chi connectivity index (χ1n) is 10.5. The van der Waals surface area contributed by atoms with Crippen molar-refractivity contribution in [2.75, 3.05) is 0 Å². The predicted octanol–water partition coefficient (Wildman–Crippen LogP) is 3.54. The number of hydrogen-bond donors (Lipinski definition) is 3. The molecule has 0 radical (unpaired) electrons. The number of nitrogens with zero attached hydrogens (tertiary/aromatic N) is 3. The number of aromatic nitrogens is 4. The topological polar surface area (TPSA) is 118 Å². The number of H-pyrrole nitrogens is 1. The maximum Gasteiger partial charge on any atom is 0.307 e. The van der Waals surface area contributed by atoms with Gasteiger partial charge in [-0.3, -0.25) is 4.79 Å². The van der Waals surface area contributed by atoms with E-state index >= 15 is 0 Å². The van der Waals surface area contributed by atoms with E-state index in [1.54, 1.807) is 0 Å². The number of aromatic amines is 1. The summed E-state index contributed by atoms with van der Waals surface area (Å²) in [6.45, 7) is 0.530. The molecule has 0 amide bonds. The Bertz CT molecular complexity index is 948. The fraction of sp³-hybridized carbons (Fsp3) is 0.391.